The third-order valence-electron chi connectivity index (χ3n) is 6.85. The number of nitrogens with zero attached hydrogens (tertiary/aromatic N) is 4. The van der Waals surface area contributed by atoms with Crippen molar-refractivity contribution in [2.45, 2.75) is 76.6 Å². The third kappa shape index (κ3) is 9.17. The number of halogens is 1. The molecule has 1 amide bonds. The number of nitrogen functional groups attached to an aromatic ring is 2. The van der Waals surface area contributed by atoms with Crippen LogP contribution in [0.3, 0.4) is 0 Å². The van der Waals surface area contributed by atoms with E-state index in [4.69, 9.17) is 43.0 Å². The molecule has 13 nitrogen and oxygen atoms in total. The molecule has 0 bridgehead atoms. The second-order valence-corrected chi connectivity index (χ2v) is 10.2. The van der Waals surface area contributed by atoms with E-state index in [-0.39, 0.29) is 53.7 Å². The molecule has 214 valence electrons. The van der Waals surface area contributed by atoms with Crippen LogP contribution in [0.2, 0.25) is 5.15 Å². The lowest BCUT2D eigenvalue weighted by Crippen LogP contribution is -2.52. The average Bonchev–Trinajstić information content (AvgIpc) is 2.88. The molecule has 38 heavy (non-hydrogen) atoms. The number of carbonyl (C=O) groups is 1. The summed E-state index contributed by atoms with van der Waals surface area (Å²) in [6.07, 6.45) is 6.37. The number of nitrogens with two attached hydrogens (primary N) is 3. The summed E-state index contributed by atoms with van der Waals surface area (Å²) in [5.74, 6) is -0.164. The number of amides is 1. The van der Waals surface area contributed by atoms with Gasteiger partial charge in [-0.1, -0.05) is 24.4 Å². The number of likely N-dealkylation sites (N-methyl/N-ethyl adjacent to an activating group) is 1. The molecule has 1 saturated carbocycles. The Balaban J connectivity index is 1.25. The number of hydrogen-bond donors (Lipinski definition) is 5. The lowest BCUT2D eigenvalue weighted by atomic mass is 9.84. The highest BCUT2D eigenvalue weighted by Crippen LogP contribution is 2.30. The number of aromatic nitrogens is 2. The number of aliphatic imine (C=N–C) groups is 1. The van der Waals surface area contributed by atoms with Gasteiger partial charge in [0.2, 0.25) is 0 Å². The van der Waals surface area contributed by atoms with Gasteiger partial charge in [0.15, 0.2) is 34.7 Å². The van der Waals surface area contributed by atoms with Crippen molar-refractivity contribution in [3.05, 3.63) is 10.8 Å². The van der Waals surface area contributed by atoms with Crippen molar-refractivity contribution in [2.75, 3.05) is 44.8 Å². The quantitative estimate of drug-likeness (QED) is 0.148. The Morgan fingerprint density at radius 1 is 1.24 bits per heavy atom. The van der Waals surface area contributed by atoms with Gasteiger partial charge in [0.1, 0.15) is 12.3 Å². The van der Waals surface area contributed by atoms with Crippen LogP contribution in [0.25, 0.3) is 0 Å². The fourth-order valence-electron chi connectivity index (χ4n) is 4.69. The Kier molecular flexibility index (Phi) is 11.7. The maximum Gasteiger partial charge on any atom is 0.280 e. The molecule has 0 aromatic carbocycles. The normalized spacial score (nSPS) is 26.4. The fraction of sp³-hybridized carbons (Fsp3) is 0.750. The van der Waals surface area contributed by atoms with Crippen LogP contribution in [-0.4, -0.2) is 89.9 Å². The van der Waals surface area contributed by atoms with E-state index in [0.717, 1.165) is 44.9 Å². The van der Waals surface area contributed by atoms with Crippen LogP contribution in [0.15, 0.2) is 4.99 Å². The topological polar surface area (TPSA) is 196 Å². The smallest absolute Gasteiger partial charge is 0.280 e. The number of nitrogens with one attached hydrogen (secondary N) is 1. The molecule has 3 atom stereocenters. The summed E-state index contributed by atoms with van der Waals surface area (Å²) >= 11 is 5.81. The molecule has 14 heteroatoms. The number of anilines is 2. The van der Waals surface area contributed by atoms with Gasteiger partial charge in [0.05, 0.1) is 19.3 Å². The van der Waals surface area contributed by atoms with Crippen molar-refractivity contribution < 1.29 is 24.1 Å². The molecule has 2 aliphatic rings. The van der Waals surface area contributed by atoms with Gasteiger partial charge in [-0.3, -0.25) is 20.0 Å². The van der Waals surface area contributed by atoms with Crippen LogP contribution in [0, 0.1) is 5.92 Å². The number of hydrogen-bond acceptors (Lipinski definition) is 11. The monoisotopic (exact) mass is 556 g/mol. The number of aliphatic hydroxyl groups excluding tert-OH is 1. The summed E-state index contributed by atoms with van der Waals surface area (Å²) in [6, 6.07) is 0. The van der Waals surface area contributed by atoms with E-state index in [1.165, 1.54) is 0 Å². The van der Waals surface area contributed by atoms with E-state index >= 15 is 0 Å². The van der Waals surface area contributed by atoms with Gasteiger partial charge >= 0.3 is 0 Å². The molecule has 1 aromatic heterocycles. The Hall–Kier alpha value is -2.29. The summed E-state index contributed by atoms with van der Waals surface area (Å²) < 4.78 is 17.1. The second-order valence-electron chi connectivity index (χ2n) is 9.84. The zero-order valence-electron chi connectivity index (χ0n) is 22.1. The predicted octanol–water partition coefficient (Wildman–Crippen LogP) is 1.10. The van der Waals surface area contributed by atoms with E-state index in [0.29, 0.717) is 25.6 Å². The van der Waals surface area contributed by atoms with Gasteiger partial charge in [-0.15, -0.1) is 0 Å². The summed E-state index contributed by atoms with van der Waals surface area (Å²) in [6.45, 7) is 3.91. The van der Waals surface area contributed by atoms with Gasteiger partial charge in [-0.2, -0.15) is 0 Å². The van der Waals surface area contributed by atoms with Crippen molar-refractivity contribution in [3.8, 4) is 0 Å². The molecule has 1 saturated heterocycles. The largest absolute Gasteiger partial charge is 0.387 e. The molecule has 1 aromatic rings. The first-order chi connectivity index (χ1) is 18.1. The minimum absolute atomic E-state index is 0.0140. The minimum Gasteiger partial charge on any atom is -0.387 e. The van der Waals surface area contributed by atoms with E-state index in [1.807, 2.05) is 18.9 Å². The lowest BCUT2D eigenvalue weighted by molar-refractivity contribution is -0.278. The van der Waals surface area contributed by atoms with Gasteiger partial charge in [0, 0.05) is 13.1 Å². The molecular formula is C24H41ClN8O5. The number of guanidine groups is 1. The molecule has 1 aliphatic heterocycles. The fourth-order valence-corrected chi connectivity index (χ4v) is 4.81. The van der Waals surface area contributed by atoms with E-state index < -0.39 is 12.0 Å². The molecule has 1 aliphatic carbocycles. The zero-order valence-corrected chi connectivity index (χ0v) is 22.9. The van der Waals surface area contributed by atoms with Crippen LogP contribution >= 0.6 is 11.6 Å². The molecule has 3 rings (SSSR count). The maximum atomic E-state index is 12.3. The van der Waals surface area contributed by atoms with Crippen molar-refractivity contribution in [3.63, 3.8) is 0 Å². The first-order valence-corrected chi connectivity index (χ1v) is 13.5. The zero-order chi connectivity index (χ0) is 27.7. The Morgan fingerprint density at radius 3 is 2.71 bits per heavy atom. The van der Waals surface area contributed by atoms with Gasteiger partial charge in [-0.25, -0.2) is 9.97 Å². The van der Waals surface area contributed by atoms with Gasteiger partial charge in [-0.05, 0) is 52.0 Å². The summed E-state index contributed by atoms with van der Waals surface area (Å²) in [4.78, 5) is 26.1. The average molecular weight is 557 g/mol. The van der Waals surface area contributed by atoms with E-state index in [1.54, 1.807) is 0 Å². The van der Waals surface area contributed by atoms with Crippen molar-refractivity contribution >= 4 is 35.1 Å². The van der Waals surface area contributed by atoms with Crippen molar-refractivity contribution in [1.29, 1.82) is 0 Å². The third-order valence-corrected chi connectivity index (χ3v) is 7.13. The van der Waals surface area contributed by atoms with Crippen LogP contribution in [0.4, 0.5) is 11.6 Å². The highest BCUT2D eigenvalue weighted by molar-refractivity contribution is 6.31. The molecule has 0 radical (unpaired) electrons. The molecular weight excluding hydrogens is 516 g/mol. The molecule has 2 heterocycles. The van der Waals surface area contributed by atoms with Gasteiger partial charge < -0.3 is 36.5 Å². The number of carbonyl (C=O) groups excluding carboxylic acids is 1. The standard InChI is InChI=1S/C24H41ClN8O5/c1-14-37-13-17(34)23(38-14)33(2)11-12-36-16-8-6-15(7-9-16)5-3-4-10-29-24(28)32-22(35)18-20(26)31-21(27)19(25)30-18/h14-17,23,34H,3-13H2,1-2H3,(H4,26,27,31)(H3,28,29,32,35)/t14-,15?,16?,17-,23+/m1/s1. The van der Waals surface area contributed by atoms with Crippen LogP contribution in [-0.2, 0) is 14.2 Å². The second kappa shape index (κ2) is 14.8. The van der Waals surface area contributed by atoms with Gasteiger partial charge in [0.25, 0.3) is 5.91 Å². The Morgan fingerprint density at radius 2 is 1.97 bits per heavy atom. The molecule has 8 N–H and O–H groups in total. The van der Waals surface area contributed by atoms with E-state index in [2.05, 4.69) is 20.3 Å². The van der Waals surface area contributed by atoms with E-state index in [9.17, 15) is 9.90 Å². The predicted molar refractivity (Wildman–Crippen MR) is 144 cm³/mol. The molecule has 0 unspecified atom stereocenters. The molecule has 2 fully saturated rings. The van der Waals surface area contributed by atoms with Crippen molar-refractivity contribution in [2.24, 2.45) is 16.6 Å². The highest BCUT2D eigenvalue weighted by Gasteiger charge is 2.31. The SMILES string of the molecule is C[C@@H]1OC[C@@H](O)[C@@H](N(C)CCOC2CCC(CCCCN=C(N)NC(=O)c3nc(Cl)c(N)nc3N)CC2)O1. The first-order valence-electron chi connectivity index (χ1n) is 13.1. The van der Waals surface area contributed by atoms with Crippen LogP contribution in [0.5, 0.6) is 0 Å². The minimum atomic E-state index is -0.657. The number of rotatable bonds is 11. The lowest BCUT2D eigenvalue weighted by Gasteiger charge is -2.38. The number of aliphatic hydroxyl groups is 1. The summed E-state index contributed by atoms with van der Waals surface area (Å²) in [5, 5.41) is 12.4. The number of ether oxygens (including phenoxy) is 3. The summed E-state index contributed by atoms with van der Waals surface area (Å²) in [5.41, 5.74) is 16.9. The Bertz CT molecular complexity index is 947. The summed E-state index contributed by atoms with van der Waals surface area (Å²) in [7, 11) is 1.93. The maximum absolute atomic E-state index is 12.3. The first kappa shape index (κ1) is 30.3. The molecule has 0 spiro atoms. The Labute approximate surface area is 228 Å². The van der Waals surface area contributed by atoms with Crippen LogP contribution in [0.1, 0.15) is 62.4 Å². The van der Waals surface area contributed by atoms with Crippen LogP contribution < -0.4 is 22.5 Å². The van der Waals surface area contributed by atoms with Crippen molar-refractivity contribution in [1.82, 2.24) is 20.2 Å². The number of unbranched alkanes of at least 4 members (excludes halogenated alkanes) is 1. The highest BCUT2D eigenvalue weighted by atomic mass is 35.5.